The van der Waals surface area contributed by atoms with Crippen LogP contribution in [0.3, 0.4) is 0 Å². The molecule has 3 heterocycles. The second-order valence-electron chi connectivity index (χ2n) is 6.75. The Morgan fingerprint density at radius 1 is 1.20 bits per heavy atom. The number of hydrazone groups is 1. The normalized spacial score (nSPS) is 11.0. The van der Waals surface area contributed by atoms with Gasteiger partial charge in [-0.25, -0.2) is 10.4 Å². The SMILES string of the molecule is Cc1c(/C=N\NC(=O)c2cc(-c3ccncc3)nc3ccccc23)cc(C#N)n1C. The number of benzene rings is 1. The molecule has 30 heavy (non-hydrogen) atoms. The summed E-state index contributed by atoms with van der Waals surface area (Å²) >= 11 is 0. The van der Waals surface area contributed by atoms with E-state index in [0.29, 0.717) is 17.0 Å². The van der Waals surface area contributed by atoms with Gasteiger partial charge in [-0.05, 0) is 37.3 Å². The lowest BCUT2D eigenvalue weighted by molar-refractivity contribution is 0.0956. The molecule has 0 fully saturated rings. The number of hydrogen-bond donors (Lipinski definition) is 1. The molecular weight excluding hydrogens is 376 g/mol. The van der Waals surface area contributed by atoms with Crippen LogP contribution in [-0.4, -0.2) is 26.7 Å². The van der Waals surface area contributed by atoms with Crippen molar-refractivity contribution in [1.82, 2.24) is 20.0 Å². The van der Waals surface area contributed by atoms with Gasteiger partial charge < -0.3 is 4.57 Å². The Morgan fingerprint density at radius 2 is 1.97 bits per heavy atom. The van der Waals surface area contributed by atoms with Gasteiger partial charge in [-0.1, -0.05) is 18.2 Å². The van der Waals surface area contributed by atoms with E-state index in [0.717, 1.165) is 27.7 Å². The molecule has 7 heteroatoms. The lowest BCUT2D eigenvalue weighted by Gasteiger charge is -2.08. The third-order valence-corrected chi connectivity index (χ3v) is 5.00. The maximum atomic E-state index is 12.9. The smallest absolute Gasteiger partial charge is 0.272 e. The van der Waals surface area contributed by atoms with Gasteiger partial charge in [0.15, 0.2) is 0 Å². The molecule has 3 aromatic heterocycles. The van der Waals surface area contributed by atoms with Crippen LogP contribution < -0.4 is 5.43 Å². The zero-order chi connectivity index (χ0) is 21.1. The molecule has 4 aromatic rings. The fraction of sp³-hybridized carbons (Fsp3) is 0.0870. The zero-order valence-electron chi connectivity index (χ0n) is 16.5. The van der Waals surface area contributed by atoms with Crippen LogP contribution in [0, 0.1) is 18.3 Å². The standard InChI is InChI=1S/C23H18N6O/c1-15-17(11-18(13-24)29(15)2)14-26-28-23(30)20-12-22(16-7-9-25-10-8-16)27-21-6-4-3-5-19(20)21/h3-12,14H,1-2H3,(H,28,30)/b26-14-. The van der Waals surface area contributed by atoms with Crippen LogP contribution in [0.5, 0.6) is 0 Å². The second-order valence-corrected chi connectivity index (χ2v) is 6.75. The van der Waals surface area contributed by atoms with Crippen LogP contribution in [-0.2, 0) is 7.05 Å². The minimum atomic E-state index is -0.339. The van der Waals surface area contributed by atoms with E-state index < -0.39 is 0 Å². The quantitative estimate of drug-likeness (QED) is 0.423. The van der Waals surface area contributed by atoms with Gasteiger partial charge >= 0.3 is 0 Å². The summed E-state index contributed by atoms with van der Waals surface area (Å²) in [6.45, 7) is 1.89. The number of carbonyl (C=O) groups is 1. The Labute approximate surface area is 173 Å². The van der Waals surface area contributed by atoms with Crippen LogP contribution in [0.4, 0.5) is 0 Å². The molecule has 7 nitrogen and oxygen atoms in total. The molecule has 1 aromatic carbocycles. The van der Waals surface area contributed by atoms with Crippen molar-refractivity contribution in [3.05, 3.63) is 83.4 Å². The van der Waals surface area contributed by atoms with Crippen LogP contribution >= 0.6 is 0 Å². The minimum Gasteiger partial charge on any atom is -0.339 e. The summed E-state index contributed by atoms with van der Waals surface area (Å²) in [6.07, 6.45) is 4.92. The van der Waals surface area contributed by atoms with Gasteiger partial charge in [-0.2, -0.15) is 10.4 Å². The molecule has 0 aliphatic heterocycles. The summed E-state index contributed by atoms with van der Waals surface area (Å²) < 4.78 is 1.78. The van der Waals surface area contributed by atoms with E-state index in [4.69, 9.17) is 5.26 Å². The third kappa shape index (κ3) is 3.54. The van der Waals surface area contributed by atoms with E-state index in [1.807, 2.05) is 50.4 Å². The molecule has 146 valence electrons. The number of hydrogen-bond acceptors (Lipinski definition) is 5. The maximum Gasteiger partial charge on any atom is 0.272 e. The Morgan fingerprint density at radius 3 is 2.70 bits per heavy atom. The van der Waals surface area contributed by atoms with Crippen molar-refractivity contribution in [3.8, 4) is 17.3 Å². The van der Waals surface area contributed by atoms with Crippen molar-refractivity contribution < 1.29 is 4.79 Å². The highest BCUT2D eigenvalue weighted by atomic mass is 16.2. The van der Waals surface area contributed by atoms with Crippen molar-refractivity contribution in [1.29, 1.82) is 5.26 Å². The summed E-state index contributed by atoms with van der Waals surface area (Å²) in [5.41, 5.74) is 7.53. The van der Waals surface area contributed by atoms with Gasteiger partial charge in [0.1, 0.15) is 11.8 Å². The Kier molecular flexibility index (Phi) is 5.06. The van der Waals surface area contributed by atoms with Crippen LogP contribution in [0.1, 0.15) is 27.3 Å². The number of nitriles is 1. The van der Waals surface area contributed by atoms with E-state index in [2.05, 4.69) is 26.6 Å². The number of nitrogens with one attached hydrogen (secondary N) is 1. The van der Waals surface area contributed by atoms with Crippen molar-refractivity contribution in [2.75, 3.05) is 0 Å². The number of rotatable bonds is 4. The van der Waals surface area contributed by atoms with Gasteiger partial charge in [0.05, 0.1) is 23.0 Å². The Bertz CT molecular complexity index is 1320. The van der Waals surface area contributed by atoms with Crippen molar-refractivity contribution in [2.24, 2.45) is 12.1 Å². The molecule has 0 spiro atoms. The number of pyridine rings is 2. The van der Waals surface area contributed by atoms with Gasteiger partial charge in [-0.3, -0.25) is 9.78 Å². The number of amides is 1. The maximum absolute atomic E-state index is 12.9. The monoisotopic (exact) mass is 394 g/mol. The lowest BCUT2D eigenvalue weighted by Crippen LogP contribution is -2.18. The van der Waals surface area contributed by atoms with E-state index in [1.54, 1.807) is 35.3 Å². The van der Waals surface area contributed by atoms with Crippen molar-refractivity contribution >= 4 is 23.0 Å². The first-order valence-electron chi connectivity index (χ1n) is 9.28. The average Bonchev–Trinajstić information content (AvgIpc) is 3.06. The van der Waals surface area contributed by atoms with E-state index in [1.165, 1.54) is 0 Å². The predicted molar refractivity (Wildman–Crippen MR) is 115 cm³/mol. The molecular formula is C23H18N6O. The first kappa shape index (κ1) is 19.0. The molecule has 0 bridgehead atoms. The van der Waals surface area contributed by atoms with Gasteiger partial charge in [-0.15, -0.1) is 0 Å². The molecule has 0 saturated heterocycles. The molecule has 1 N–H and O–H groups in total. The number of aromatic nitrogens is 3. The first-order valence-corrected chi connectivity index (χ1v) is 9.28. The minimum absolute atomic E-state index is 0.339. The van der Waals surface area contributed by atoms with E-state index >= 15 is 0 Å². The number of para-hydroxylation sites is 1. The van der Waals surface area contributed by atoms with Crippen molar-refractivity contribution in [3.63, 3.8) is 0 Å². The summed E-state index contributed by atoms with van der Waals surface area (Å²) in [5, 5.41) is 14.0. The summed E-state index contributed by atoms with van der Waals surface area (Å²) in [6, 6.07) is 16.8. The van der Waals surface area contributed by atoms with Gasteiger partial charge in [0.25, 0.3) is 5.91 Å². The zero-order valence-corrected chi connectivity index (χ0v) is 16.5. The molecule has 0 atom stereocenters. The molecule has 4 rings (SSSR count). The molecule has 0 saturated carbocycles. The topological polar surface area (TPSA) is 96.0 Å². The van der Waals surface area contributed by atoms with Crippen molar-refractivity contribution in [2.45, 2.75) is 6.92 Å². The van der Waals surface area contributed by atoms with Crippen LogP contribution in [0.25, 0.3) is 22.2 Å². The highest BCUT2D eigenvalue weighted by Crippen LogP contribution is 2.24. The van der Waals surface area contributed by atoms with E-state index in [9.17, 15) is 4.79 Å². The van der Waals surface area contributed by atoms with E-state index in [-0.39, 0.29) is 5.91 Å². The van der Waals surface area contributed by atoms with Gasteiger partial charge in [0.2, 0.25) is 0 Å². The fourth-order valence-corrected chi connectivity index (χ4v) is 3.22. The molecule has 0 aliphatic carbocycles. The average molecular weight is 394 g/mol. The Balaban J connectivity index is 1.67. The molecule has 0 radical (unpaired) electrons. The van der Waals surface area contributed by atoms with Crippen LogP contribution in [0.2, 0.25) is 0 Å². The third-order valence-electron chi connectivity index (χ3n) is 5.00. The van der Waals surface area contributed by atoms with Gasteiger partial charge in [0, 0.05) is 41.6 Å². The number of nitrogens with zero attached hydrogens (tertiary/aromatic N) is 5. The summed E-state index contributed by atoms with van der Waals surface area (Å²) in [4.78, 5) is 21.6. The molecule has 0 aliphatic rings. The van der Waals surface area contributed by atoms with Crippen LogP contribution in [0.15, 0.2) is 66.0 Å². The molecule has 1 amide bonds. The predicted octanol–water partition coefficient (Wildman–Crippen LogP) is 3.58. The highest BCUT2D eigenvalue weighted by Gasteiger charge is 2.14. The molecule has 0 unspecified atom stereocenters. The summed E-state index contributed by atoms with van der Waals surface area (Å²) in [5.74, 6) is -0.339. The fourth-order valence-electron chi connectivity index (χ4n) is 3.22. The second kappa shape index (κ2) is 7.97. The largest absolute Gasteiger partial charge is 0.339 e. The number of fused-ring (bicyclic) bond motifs is 1. The summed E-state index contributed by atoms with van der Waals surface area (Å²) in [7, 11) is 1.81. The first-order chi connectivity index (χ1) is 14.6. The lowest BCUT2D eigenvalue weighted by atomic mass is 10.0. The number of carbonyl (C=O) groups excluding carboxylic acids is 1. The Hall–Kier alpha value is -4.31. The highest BCUT2D eigenvalue weighted by molar-refractivity contribution is 6.07.